The second-order valence-corrected chi connectivity index (χ2v) is 6.08. The first-order valence-corrected chi connectivity index (χ1v) is 8.15. The minimum atomic E-state index is 0.0735. The molecule has 1 unspecified atom stereocenters. The molecule has 0 radical (unpaired) electrons. The summed E-state index contributed by atoms with van der Waals surface area (Å²) in [5.74, 6) is 0.229. The monoisotopic (exact) mass is 293 g/mol. The van der Waals surface area contributed by atoms with Crippen molar-refractivity contribution in [1.29, 1.82) is 0 Å². The van der Waals surface area contributed by atoms with Crippen LogP contribution in [0.25, 0.3) is 0 Å². The molecule has 0 amide bonds. The van der Waals surface area contributed by atoms with Gasteiger partial charge in [-0.1, -0.05) is 60.7 Å². The lowest BCUT2D eigenvalue weighted by Gasteiger charge is -2.25. The molecule has 21 heavy (non-hydrogen) atoms. The smallest absolute Gasteiger partial charge is 0.0244 e. The van der Waals surface area contributed by atoms with Crippen LogP contribution < -0.4 is 5.73 Å². The van der Waals surface area contributed by atoms with Gasteiger partial charge < -0.3 is 5.73 Å². The number of hydrogen-bond acceptors (Lipinski definition) is 2. The third-order valence-corrected chi connectivity index (χ3v) is 4.53. The van der Waals surface area contributed by atoms with Crippen LogP contribution in [0.3, 0.4) is 0 Å². The van der Waals surface area contributed by atoms with E-state index in [2.05, 4.69) is 77.5 Å². The number of rotatable bonds is 5. The highest BCUT2D eigenvalue weighted by Gasteiger charge is 2.22. The Balaban J connectivity index is 1.92. The summed E-state index contributed by atoms with van der Waals surface area (Å²) in [6.07, 6.45) is 0.901. The van der Waals surface area contributed by atoms with Crippen LogP contribution in [0, 0.1) is 0 Å². The molecule has 2 heteroatoms. The molecule has 1 atom stereocenters. The molecule has 0 bridgehead atoms. The Hall–Kier alpha value is -1.90. The Morgan fingerprint density at radius 1 is 0.810 bits per heavy atom. The lowest BCUT2D eigenvalue weighted by atomic mass is 9.83. The maximum absolute atomic E-state index is 6.58. The second kappa shape index (κ2) is 6.70. The van der Waals surface area contributed by atoms with Gasteiger partial charge in [-0.3, -0.25) is 0 Å². The Morgan fingerprint density at radius 3 is 1.86 bits per heavy atom. The van der Waals surface area contributed by atoms with Crippen LogP contribution in [-0.4, -0.2) is 6.04 Å². The van der Waals surface area contributed by atoms with Crippen LogP contribution in [-0.2, 0) is 6.42 Å². The van der Waals surface area contributed by atoms with Gasteiger partial charge in [0.15, 0.2) is 0 Å². The zero-order chi connectivity index (χ0) is 14.5. The highest BCUT2D eigenvalue weighted by Crippen LogP contribution is 2.29. The van der Waals surface area contributed by atoms with Gasteiger partial charge in [0.2, 0.25) is 0 Å². The summed E-state index contributed by atoms with van der Waals surface area (Å²) in [6, 6.07) is 23.4. The maximum atomic E-state index is 6.58. The lowest BCUT2D eigenvalue weighted by Crippen LogP contribution is -2.31. The number of hydrogen-bond donors (Lipinski definition) is 1. The molecule has 2 aromatic carbocycles. The molecule has 3 aromatic rings. The summed E-state index contributed by atoms with van der Waals surface area (Å²) in [4.78, 5) is 0. The molecule has 1 nitrogen and oxygen atoms in total. The zero-order valence-corrected chi connectivity index (χ0v) is 12.7. The van der Waals surface area contributed by atoms with E-state index in [-0.39, 0.29) is 12.0 Å². The Morgan fingerprint density at radius 2 is 1.38 bits per heavy atom. The number of benzene rings is 2. The summed E-state index contributed by atoms with van der Waals surface area (Å²) in [6.45, 7) is 0. The minimum absolute atomic E-state index is 0.0735. The number of nitrogens with two attached hydrogens (primary N) is 1. The van der Waals surface area contributed by atoms with Crippen LogP contribution in [0.2, 0.25) is 0 Å². The van der Waals surface area contributed by atoms with Crippen molar-refractivity contribution in [3.05, 3.63) is 94.2 Å². The van der Waals surface area contributed by atoms with Gasteiger partial charge >= 0.3 is 0 Å². The highest BCUT2D eigenvalue weighted by atomic mass is 32.1. The van der Waals surface area contributed by atoms with Crippen molar-refractivity contribution < 1.29 is 0 Å². The van der Waals surface area contributed by atoms with E-state index in [1.807, 2.05) is 0 Å². The molecule has 3 rings (SSSR count). The van der Waals surface area contributed by atoms with E-state index in [0.29, 0.717) is 0 Å². The van der Waals surface area contributed by atoms with Crippen molar-refractivity contribution >= 4 is 11.3 Å². The van der Waals surface area contributed by atoms with Gasteiger partial charge in [0, 0.05) is 12.0 Å². The summed E-state index contributed by atoms with van der Waals surface area (Å²) in [5.41, 5.74) is 10.5. The average Bonchev–Trinajstić information content (AvgIpc) is 3.02. The number of thiophene rings is 1. The Labute approximate surface area is 130 Å². The summed E-state index contributed by atoms with van der Waals surface area (Å²) >= 11 is 1.73. The van der Waals surface area contributed by atoms with Gasteiger partial charge in [-0.05, 0) is 39.9 Å². The molecule has 1 heterocycles. The highest BCUT2D eigenvalue weighted by molar-refractivity contribution is 7.07. The average molecular weight is 293 g/mol. The first-order valence-electron chi connectivity index (χ1n) is 7.21. The van der Waals surface area contributed by atoms with E-state index in [9.17, 15) is 0 Å². The van der Waals surface area contributed by atoms with Crippen LogP contribution in [0.15, 0.2) is 77.5 Å². The molecule has 0 aliphatic heterocycles. The van der Waals surface area contributed by atoms with Crippen molar-refractivity contribution in [1.82, 2.24) is 0 Å². The van der Waals surface area contributed by atoms with Crippen molar-refractivity contribution in [2.45, 2.75) is 18.4 Å². The summed E-state index contributed by atoms with van der Waals surface area (Å²) in [7, 11) is 0. The van der Waals surface area contributed by atoms with Gasteiger partial charge in [-0.15, -0.1) is 0 Å². The molecule has 0 aliphatic carbocycles. The Bertz CT molecular complexity index is 607. The van der Waals surface area contributed by atoms with Crippen molar-refractivity contribution in [3.8, 4) is 0 Å². The third-order valence-electron chi connectivity index (χ3n) is 3.80. The fourth-order valence-corrected chi connectivity index (χ4v) is 3.49. The first kappa shape index (κ1) is 14.1. The molecule has 0 fully saturated rings. The third kappa shape index (κ3) is 3.41. The van der Waals surface area contributed by atoms with Crippen LogP contribution >= 0.6 is 11.3 Å². The molecular weight excluding hydrogens is 274 g/mol. The first-order chi connectivity index (χ1) is 10.3. The molecule has 0 aliphatic rings. The lowest BCUT2D eigenvalue weighted by molar-refractivity contribution is 0.591. The van der Waals surface area contributed by atoms with Crippen molar-refractivity contribution in [2.24, 2.45) is 5.73 Å². The fourth-order valence-electron chi connectivity index (χ4n) is 2.81. The van der Waals surface area contributed by atoms with Crippen molar-refractivity contribution in [2.75, 3.05) is 0 Å². The molecular formula is C19H19NS. The van der Waals surface area contributed by atoms with E-state index >= 15 is 0 Å². The van der Waals surface area contributed by atoms with E-state index in [1.165, 1.54) is 16.7 Å². The van der Waals surface area contributed by atoms with Gasteiger partial charge in [-0.2, -0.15) is 11.3 Å². The molecule has 1 aromatic heterocycles. The van der Waals surface area contributed by atoms with Crippen molar-refractivity contribution in [3.63, 3.8) is 0 Å². The van der Waals surface area contributed by atoms with Crippen LogP contribution in [0.1, 0.15) is 22.6 Å². The zero-order valence-electron chi connectivity index (χ0n) is 11.9. The molecule has 0 saturated heterocycles. The van der Waals surface area contributed by atoms with E-state index in [4.69, 9.17) is 5.73 Å². The molecule has 0 spiro atoms. The summed E-state index contributed by atoms with van der Waals surface area (Å²) in [5, 5.41) is 4.30. The normalized spacial score (nSPS) is 12.5. The molecule has 106 valence electrons. The van der Waals surface area contributed by atoms with Crippen LogP contribution in [0.4, 0.5) is 0 Å². The quantitative estimate of drug-likeness (QED) is 0.739. The predicted molar refractivity (Wildman–Crippen MR) is 90.7 cm³/mol. The second-order valence-electron chi connectivity index (χ2n) is 5.30. The largest absolute Gasteiger partial charge is 0.327 e. The van der Waals surface area contributed by atoms with Gasteiger partial charge in [0.25, 0.3) is 0 Å². The van der Waals surface area contributed by atoms with E-state index in [1.54, 1.807) is 11.3 Å². The van der Waals surface area contributed by atoms with Gasteiger partial charge in [0.1, 0.15) is 0 Å². The van der Waals surface area contributed by atoms with E-state index in [0.717, 1.165) is 6.42 Å². The topological polar surface area (TPSA) is 26.0 Å². The van der Waals surface area contributed by atoms with E-state index < -0.39 is 0 Å². The predicted octanol–water partition coefficient (Wildman–Crippen LogP) is 4.45. The maximum Gasteiger partial charge on any atom is 0.0244 e. The summed E-state index contributed by atoms with van der Waals surface area (Å²) < 4.78 is 0. The van der Waals surface area contributed by atoms with Gasteiger partial charge in [0.05, 0.1) is 0 Å². The van der Waals surface area contributed by atoms with Gasteiger partial charge in [-0.25, -0.2) is 0 Å². The Kier molecular flexibility index (Phi) is 4.49. The molecule has 2 N–H and O–H groups in total. The fraction of sp³-hybridized carbons (Fsp3) is 0.158. The SMILES string of the molecule is NC(Cc1ccsc1)C(c1ccccc1)c1ccccc1. The molecule has 0 saturated carbocycles. The standard InChI is InChI=1S/C19H19NS/c20-18(13-15-11-12-21-14-15)19(16-7-3-1-4-8-16)17-9-5-2-6-10-17/h1-12,14,18-19H,13,20H2. The van der Waals surface area contributed by atoms with Crippen LogP contribution in [0.5, 0.6) is 0 Å². The minimum Gasteiger partial charge on any atom is -0.327 e.